The van der Waals surface area contributed by atoms with Crippen LogP contribution in [0.15, 0.2) is 179 Å². The van der Waals surface area contributed by atoms with E-state index in [-0.39, 0.29) is 45.7 Å². The molecular formula is C46H28O2. The predicted octanol–water partition coefficient (Wildman–Crippen LogP) is 13.3. The molecule has 8 aromatic carbocycles. The molecule has 0 spiro atoms. The first-order chi connectivity index (χ1) is 27.1. The van der Waals surface area contributed by atoms with E-state index in [9.17, 15) is 2.74 Å². The van der Waals surface area contributed by atoms with Gasteiger partial charge in [0, 0.05) is 21.7 Å². The molecule has 48 heavy (non-hydrogen) atoms. The van der Waals surface area contributed by atoms with Crippen molar-refractivity contribution in [2.45, 2.75) is 0 Å². The first-order valence-electron chi connectivity index (χ1n) is 19.7. The minimum Gasteiger partial charge on any atom is -0.456 e. The summed E-state index contributed by atoms with van der Waals surface area (Å²) in [6.07, 6.45) is 0. The first kappa shape index (κ1) is 20.0. The fourth-order valence-corrected chi connectivity index (χ4v) is 6.95. The summed E-state index contributed by atoms with van der Waals surface area (Å²) in [5, 5.41) is 3.57. The van der Waals surface area contributed by atoms with Gasteiger partial charge in [-0.05, 0) is 85.3 Å². The van der Waals surface area contributed by atoms with Crippen molar-refractivity contribution in [3.8, 4) is 44.7 Å². The number of benzene rings is 8. The van der Waals surface area contributed by atoms with Gasteiger partial charge in [-0.15, -0.1) is 0 Å². The van der Waals surface area contributed by atoms with E-state index in [2.05, 4.69) is 6.07 Å². The standard InChI is InChI=1S/C46H28O2/c1-3-11-30(12-4-1)43-28-39-41(48-43)25-26-42-46(39)38-27-33(23-24-40(38)47-42)29-19-21-32(22-20-29)45-36-17-9-7-15-34(36)44(31-13-5-2-6-14-31)35-16-8-10-18-37(35)45/h1-28H/i7D,8D,9D,10D,15D,16D,17D,18D. The van der Waals surface area contributed by atoms with E-state index in [4.69, 9.17) is 17.1 Å². The molecule has 10 aromatic rings. The van der Waals surface area contributed by atoms with Crippen LogP contribution in [0.2, 0.25) is 0 Å². The maximum Gasteiger partial charge on any atom is 0.136 e. The lowest BCUT2D eigenvalue weighted by Crippen LogP contribution is -1.90. The molecule has 224 valence electrons. The molecule has 0 N–H and O–H groups in total. The van der Waals surface area contributed by atoms with Crippen molar-refractivity contribution < 1.29 is 19.8 Å². The molecule has 10 rings (SSSR count). The third-order valence-electron chi connectivity index (χ3n) is 9.13. The molecule has 0 atom stereocenters. The lowest BCUT2D eigenvalue weighted by molar-refractivity contribution is 0.631. The van der Waals surface area contributed by atoms with Crippen LogP contribution >= 0.6 is 0 Å². The fraction of sp³-hybridized carbons (Fsp3) is 0. The quantitative estimate of drug-likeness (QED) is 0.183. The molecule has 0 aliphatic carbocycles. The third-order valence-corrected chi connectivity index (χ3v) is 9.13. The second-order valence-electron chi connectivity index (χ2n) is 11.8. The number of hydrogen-bond acceptors (Lipinski definition) is 2. The predicted molar refractivity (Wildman–Crippen MR) is 200 cm³/mol. The van der Waals surface area contributed by atoms with Crippen molar-refractivity contribution in [2.24, 2.45) is 0 Å². The Hall–Kier alpha value is -6.38. The van der Waals surface area contributed by atoms with E-state index in [1.807, 2.05) is 91.0 Å². The Bertz CT molecular complexity index is 3180. The van der Waals surface area contributed by atoms with Gasteiger partial charge in [0.05, 0.1) is 11.0 Å². The van der Waals surface area contributed by atoms with E-state index in [1.54, 1.807) is 24.3 Å². The minimum atomic E-state index is -0.428. The molecule has 2 nitrogen and oxygen atoms in total. The second kappa shape index (κ2) is 10.6. The van der Waals surface area contributed by atoms with E-state index < -0.39 is 24.2 Å². The Labute approximate surface area is 288 Å². The lowest BCUT2D eigenvalue weighted by atomic mass is 9.86. The normalized spacial score (nSPS) is 14.1. The number of hydrogen-bond donors (Lipinski definition) is 0. The van der Waals surface area contributed by atoms with Crippen LogP contribution in [-0.4, -0.2) is 0 Å². The van der Waals surface area contributed by atoms with Crippen molar-refractivity contribution in [3.63, 3.8) is 0 Å². The van der Waals surface area contributed by atoms with Gasteiger partial charge in [0.25, 0.3) is 0 Å². The fourth-order valence-electron chi connectivity index (χ4n) is 6.95. The van der Waals surface area contributed by atoms with Crippen LogP contribution in [-0.2, 0) is 0 Å². The Morgan fingerprint density at radius 2 is 0.812 bits per heavy atom. The Morgan fingerprint density at radius 3 is 1.44 bits per heavy atom. The molecule has 0 aliphatic heterocycles. The van der Waals surface area contributed by atoms with Gasteiger partial charge in [0.2, 0.25) is 0 Å². The molecule has 0 amide bonds. The summed E-state index contributed by atoms with van der Waals surface area (Å²) in [5.74, 6) is 0.765. The zero-order chi connectivity index (χ0) is 38.6. The van der Waals surface area contributed by atoms with Crippen molar-refractivity contribution in [2.75, 3.05) is 0 Å². The maximum atomic E-state index is 9.18. The second-order valence-corrected chi connectivity index (χ2v) is 11.8. The highest BCUT2D eigenvalue weighted by Crippen LogP contribution is 2.44. The molecular weight excluding hydrogens is 585 g/mol. The van der Waals surface area contributed by atoms with Crippen LogP contribution < -0.4 is 0 Å². The summed E-state index contributed by atoms with van der Waals surface area (Å²) in [4.78, 5) is 0. The Kier molecular flexibility index (Phi) is 4.41. The van der Waals surface area contributed by atoms with Gasteiger partial charge in [-0.1, -0.05) is 139 Å². The largest absolute Gasteiger partial charge is 0.456 e. The highest BCUT2D eigenvalue weighted by Gasteiger charge is 2.18. The Balaban J connectivity index is 1.20. The SMILES string of the molecule is [2H]c1c([2H])c([2H])c2c(-c3ccc(-c4ccc5oc6ccc7oc(-c8ccccc8)cc7c6c5c4)cc3)c3c([2H])c([2H])c([2H])c([2H])c3c(-c3ccccc3)c2c1[2H]. The molecule has 0 saturated carbocycles. The third kappa shape index (κ3) is 4.13. The molecule has 2 heteroatoms. The number of rotatable bonds is 4. The minimum absolute atomic E-state index is 0.186. The topological polar surface area (TPSA) is 26.3 Å². The molecule has 0 bridgehead atoms. The molecule has 0 unspecified atom stereocenters. The summed E-state index contributed by atoms with van der Waals surface area (Å²) in [6, 6.07) is 35.5. The van der Waals surface area contributed by atoms with Gasteiger partial charge < -0.3 is 8.83 Å². The molecule has 2 heterocycles. The van der Waals surface area contributed by atoms with Gasteiger partial charge in [-0.3, -0.25) is 0 Å². The van der Waals surface area contributed by atoms with Gasteiger partial charge >= 0.3 is 0 Å². The molecule has 0 saturated heterocycles. The van der Waals surface area contributed by atoms with Gasteiger partial charge in [-0.2, -0.15) is 0 Å². The van der Waals surface area contributed by atoms with E-state index in [0.717, 1.165) is 55.4 Å². The average Bonchev–Trinajstić information content (AvgIpc) is 3.84. The summed E-state index contributed by atoms with van der Waals surface area (Å²) in [7, 11) is 0. The van der Waals surface area contributed by atoms with Gasteiger partial charge in [-0.25, -0.2) is 0 Å². The van der Waals surface area contributed by atoms with E-state index in [1.165, 1.54) is 0 Å². The highest BCUT2D eigenvalue weighted by atomic mass is 16.3. The maximum absolute atomic E-state index is 9.18. The first-order valence-corrected chi connectivity index (χ1v) is 15.7. The average molecular weight is 621 g/mol. The van der Waals surface area contributed by atoms with E-state index >= 15 is 0 Å². The zero-order valence-electron chi connectivity index (χ0n) is 33.4. The molecule has 0 aliphatic rings. The van der Waals surface area contributed by atoms with Crippen molar-refractivity contribution in [1.29, 1.82) is 0 Å². The van der Waals surface area contributed by atoms with Crippen LogP contribution in [0.5, 0.6) is 0 Å². The van der Waals surface area contributed by atoms with Gasteiger partial charge in [0.1, 0.15) is 22.5 Å². The number of furan rings is 2. The van der Waals surface area contributed by atoms with Crippen LogP contribution in [0.4, 0.5) is 0 Å². The number of fused-ring (bicyclic) bond motifs is 7. The Morgan fingerprint density at radius 1 is 0.354 bits per heavy atom. The van der Waals surface area contributed by atoms with Crippen LogP contribution in [0.3, 0.4) is 0 Å². The van der Waals surface area contributed by atoms with Crippen molar-refractivity contribution in [1.82, 2.24) is 0 Å². The van der Waals surface area contributed by atoms with Gasteiger partial charge in [0.15, 0.2) is 0 Å². The molecule has 0 fully saturated rings. The van der Waals surface area contributed by atoms with Crippen LogP contribution in [0.1, 0.15) is 11.0 Å². The summed E-state index contributed by atoms with van der Waals surface area (Å²) in [5.41, 5.74) is 6.75. The summed E-state index contributed by atoms with van der Waals surface area (Å²) >= 11 is 0. The van der Waals surface area contributed by atoms with Crippen molar-refractivity contribution >= 4 is 54.5 Å². The van der Waals surface area contributed by atoms with Crippen molar-refractivity contribution in [3.05, 3.63) is 170 Å². The van der Waals surface area contributed by atoms with Crippen LogP contribution in [0.25, 0.3) is 99.2 Å². The van der Waals surface area contributed by atoms with Crippen LogP contribution in [0, 0.1) is 0 Å². The lowest BCUT2D eigenvalue weighted by Gasteiger charge is -2.18. The molecule has 0 radical (unpaired) electrons. The molecule has 2 aromatic heterocycles. The summed E-state index contributed by atoms with van der Waals surface area (Å²) < 4.78 is 83.8. The highest BCUT2D eigenvalue weighted by molar-refractivity contribution is 6.22. The smallest absolute Gasteiger partial charge is 0.136 e. The zero-order valence-corrected chi connectivity index (χ0v) is 25.4. The van der Waals surface area contributed by atoms with E-state index in [0.29, 0.717) is 22.3 Å². The monoisotopic (exact) mass is 620 g/mol. The summed E-state index contributed by atoms with van der Waals surface area (Å²) in [6.45, 7) is 0.